The number of benzene rings is 2. The van der Waals surface area contributed by atoms with Crippen molar-refractivity contribution in [1.82, 2.24) is 9.97 Å². The highest BCUT2D eigenvalue weighted by Crippen LogP contribution is 2.47. The van der Waals surface area contributed by atoms with Crippen LogP contribution in [0.2, 0.25) is 0 Å². The lowest BCUT2D eigenvalue weighted by molar-refractivity contribution is 0.103. The summed E-state index contributed by atoms with van der Waals surface area (Å²) >= 11 is 1.64. The number of allylic oxidation sites excluding steroid dienone is 1. The largest absolute Gasteiger partial charge is 0.369 e. The first-order valence-corrected chi connectivity index (χ1v) is 10.00. The SMILES string of the molecule is CSc1ccc(C2C3=C(Nc4nc(N)[nH]c(=O)c42)c2ccccc2C3=O)cc1. The summed E-state index contributed by atoms with van der Waals surface area (Å²) in [6.07, 6.45) is 2.00. The van der Waals surface area contributed by atoms with Gasteiger partial charge in [-0.2, -0.15) is 4.98 Å². The zero-order valence-electron chi connectivity index (χ0n) is 14.9. The van der Waals surface area contributed by atoms with E-state index in [4.69, 9.17) is 5.73 Å². The molecule has 0 saturated heterocycles. The highest BCUT2D eigenvalue weighted by molar-refractivity contribution is 7.98. The predicted molar refractivity (Wildman–Crippen MR) is 111 cm³/mol. The topological polar surface area (TPSA) is 101 Å². The molecule has 0 bridgehead atoms. The van der Waals surface area contributed by atoms with Crippen molar-refractivity contribution < 1.29 is 4.79 Å². The molecule has 1 atom stereocenters. The summed E-state index contributed by atoms with van der Waals surface area (Å²) in [5.74, 6) is -0.157. The molecule has 3 aromatic rings. The van der Waals surface area contributed by atoms with E-state index >= 15 is 0 Å². The highest BCUT2D eigenvalue weighted by Gasteiger charge is 2.41. The lowest BCUT2D eigenvalue weighted by Gasteiger charge is -2.27. The third-order valence-corrected chi connectivity index (χ3v) is 5.94. The molecule has 4 N–H and O–H groups in total. The van der Waals surface area contributed by atoms with Gasteiger partial charge < -0.3 is 11.1 Å². The number of hydrogen-bond donors (Lipinski definition) is 3. The molecule has 28 heavy (non-hydrogen) atoms. The van der Waals surface area contributed by atoms with Gasteiger partial charge in [-0.1, -0.05) is 36.4 Å². The van der Waals surface area contributed by atoms with E-state index in [1.807, 2.05) is 54.8 Å². The average molecular weight is 388 g/mol. The molecule has 2 aliphatic rings. The summed E-state index contributed by atoms with van der Waals surface area (Å²) in [7, 11) is 0. The second-order valence-corrected chi connectivity index (χ2v) is 7.59. The molecule has 5 rings (SSSR count). The first-order valence-electron chi connectivity index (χ1n) is 8.77. The van der Waals surface area contributed by atoms with Gasteiger partial charge in [0.1, 0.15) is 5.82 Å². The molecule has 0 spiro atoms. The van der Waals surface area contributed by atoms with E-state index in [0.29, 0.717) is 28.2 Å². The smallest absolute Gasteiger partial charge is 0.258 e. The van der Waals surface area contributed by atoms with Crippen LogP contribution in [0.1, 0.15) is 33.0 Å². The number of H-pyrrole nitrogens is 1. The molecule has 0 amide bonds. The van der Waals surface area contributed by atoms with Gasteiger partial charge in [-0.15, -0.1) is 11.8 Å². The van der Waals surface area contributed by atoms with Crippen LogP contribution in [0.5, 0.6) is 0 Å². The fourth-order valence-corrected chi connectivity index (χ4v) is 4.38. The number of thioether (sulfide) groups is 1. The van der Waals surface area contributed by atoms with Crippen LogP contribution in [0.15, 0.2) is 63.8 Å². The molecule has 138 valence electrons. The van der Waals surface area contributed by atoms with Crippen LogP contribution in [0.4, 0.5) is 11.8 Å². The van der Waals surface area contributed by atoms with Gasteiger partial charge >= 0.3 is 0 Å². The fraction of sp³-hybridized carbons (Fsp3) is 0.0952. The Labute approximate surface area is 164 Å². The predicted octanol–water partition coefficient (Wildman–Crippen LogP) is 3.24. The van der Waals surface area contributed by atoms with Gasteiger partial charge in [-0.05, 0) is 24.0 Å². The van der Waals surface area contributed by atoms with E-state index < -0.39 is 5.92 Å². The molecule has 0 saturated carbocycles. The minimum absolute atomic E-state index is 0.0365. The van der Waals surface area contributed by atoms with E-state index in [-0.39, 0.29) is 17.3 Å². The van der Waals surface area contributed by atoms with E-state index in [0.717, 1.165) is 16.0 Å². The van der Waals surface area contributed by atoms with Crippen LogP contribution in [0.3, 0.4) is 0 Å². The number of rotatable bonds is 2. The summed E-state index contributed by atoms with van der Waals surface area (Å²) < 4.78 is 0. The normalized spacial score (nSPS) is 17.0. The van der Waals surface area contributed by atoms with Gasteiger partial charge in [0.2, 0.25) is 5.95 Å². The van der Waals surface area contributed by atoms with Crippen LogP contribution in [-0.4, -0.2) is 22.0 Å². The molecule has 7 heteroatoms. The molecular formula is C21H16N4O2S. The summed E-state index contributed by atoms with van der Waals surface area (Å²) in [4.78, 5) is 34.1. The van der Waals surface area contributed by atoms with Gasteiger partial charge in [-0.3, -0.25) is 14.6 Å². The Morgan fingerprint density at radius 2 is 1.75 bits per heavy atom. The minimum atomic E-state index is -0.515. The number of fused-ring (bicyclic) bond motifs is 3. The molecule has 0 fully saturated rings. The molecule has 1 unspecified atom stereocenters. The Kier molecular flexibility index (Phi) is 3.67. The molecule has 1 aromatic heterocycles. The molecule has 1 aliphatic heterocycles. The third-order valence-electron chi connectivity index (χ3n) is 5.20. The van der Waals surface area contributed by atoms with E-state index in [9.17, 15) is 9.59 Å². The maximum absolute atomic E-state index is 13.3. The van der Waals surface area contributed by atoms with Crippen molar-refractivity contribution in [3.63, 3.8) is 0 Å². The number of aromatic amines is 1. The standard InChI is InChI=1S/C21H16N4O2S/c1-28-11-8-6-10(7-9-11)14-15-17(12-4-2-3-5-13(12)18(15)26)23-19-16(14)20(27)25-21(22)24-19/h2-9,14H,1H3,(H4,22,23,24,25,27). The number of ketones is 1. The monoisotopic (exact) mass is 388 g/mol. The van der Waals surface area contributed by atoms with Crippen LogP contribution >= 0.6 is 11.8 Å². The van der Waals surface area contributed by atoms with E-state index in [1.54, 1.807) is 11.8 Å². The number of hydrogen-bond acceptors (Lipinski definition) is 6. The Morgan fingerprint density at radius 3 is 2.46 bits per heavy atom. The zero-order valence-corrected chi connectivity index (χ0v) is 15.8. The van der Waals surface area contributed by atoms with Crippen molar-refractivity contribution in [2.75, 3.05) is 17.3 Å². The van der Waals surface area contributed by atoms with Crippen LogP contribution in [0.25, 0.3) is 5.70 Å². The molecule has 0 radical (unpaired) electrons. The first kappa shape index (κ1) is 16.8. The fourth-order valence-electron chi connectivity index (χ4n) is 3.97. The Balaban J connectivity index is 1.79. The second kappa shape index (κ2) is 6.10. The number of nitrogen functional groups attached to an aromatic ring is 1. The molecular weight excluding hydrogens is 372 g/mol. The van der Waals surface area contributed by atoms with Gasteiger partial charge in [0, 0.05) is 27.5 Å². The number of Topliss-reactive ketones (excluding diaryl/α,β-unsaturated/α-hetero) is 1. The quantitative estimate of drug-likeness (QED) is 0.583. The van der Waals surface area contributed by atoms with Crippen molar-refractivity contribution in [2.24, 2.45) is 0 Å². The molecule has 2 aromatic carbocycles. The maximum Gasteiger partial charge on any atom is 0.258 e. The molecule has 6 nitrogen and oxygen atoms in total. The van der Waals surface area contributed by atoms with Gasteiger partial charge in [0.25, 0.3) is 5.56 Å². The van der Waals surface area contributed by atoms with Crippen molar-refractivity contribution in [2.45, 2.75) is 10.8 Å². The number of nitrogens with zero attached hydrogens (tertiary/aromatic N) is 1. The lowest BCUT2D eigenvalue weighted by Crippen LogP contribution is -2.28. The Morgan fingerprint density at radius 1 is 1.04 bits per heavy atom. The number of carbonyl (C=O) groups excluding carboxylic acids is 1. The number of carbonyl (C=O) groups is 1. The average Bonchev–Trinajstić information content (AvgIpc) is 2.99. The molecule has 1 aliphatic carbocycles. The molecule has 2 heterocycles. The summed E-state index contributed by atoms with van der Waals surface area (Å²) in [5.41, 5.74) is 9.42. The van der Waals surface area contributed by atoms with Crippen molar-refractivity contribution in [1.29, 1.82) is 0 Å². The number of anilines is 2. The van der Waals surface area contributed by atoms with Crippen LogP contribution < -0.4 is 16.6 Å². The minimum Gasteiger partial charge on any atom is -0.369 e. The van der Waals surface area contributed by atoms with Crippen LogP contribution in [0, 0.1) is 0 Å². The Hall–Kier alpha value is -3.32. The van der Waals surface area contributed by atoms with Gasteiger partial charge in [-0.25, -0.2) is 0 Å². The van der Waals surface area contributed by atoms with Crippen LogP contribution in [-0.2, 0) is 0 Å². The van der Waals surface area contributed by atoms with Crippen molar-refractivity contribution >= 4 is 35.0 Å². The first-order chi connectivity index (χ1) is 13.6. The number of nitrogens with two attached hydrogens (primary N) is 1. The van der Waals surface area contributed by atoms with Crippen molar-refractivity contribution in [3.05, 3.63) is 86.7 Å². The Bertz CT molecular complexity index is 1230. The second-order valence-electron chi connectivity index (χ2n) is 6.71. The summed E-state index contributed by atoms with van der Waals surface area (Å²) in [6.45, 7) is 0. The number of nitrogens with one attached hydrogen (secondary N) is 2. The third kappa shape index (κ3) is 2.33. The van der Waals surface area contributed by atoms with Gasteiger partial charge in [0.15, 0.2) is 5.78 Å². The zero-order chi connectivity index (χ0) is 19.4. The van der Waals surface area contributed by atoms with E-state index in [2.05, 4.69) is 15.3 Å². The highest BCUT2D eigenvalue weighted by atomic mass is 32.2. The van der Waals surface area contributed by atoms with Crippen molar-refractivity contribution in [3.8, 4) is 0 Å². The summed E-state index contributed by atoms with van der Waals surface area (Å²) in [5, 5.41) is 3.19. The summed E-state index contributed by atoms with van der Waals surface area (Å²) in [6, 6.07) is 15.3. The van der Waals surface area contributed by atoms with Gasteiger partial charge in [0.05, 0.1) is 11.3 Å². The lowest BCUT2D eigenvalue weighted by atomic mass is 9.82. The maximum atomic E-state index is 13.3. The number of aromatic nitrogens is 2. The van der Waals surface area contributed by atoms with E-state index in [1.165, 1.54) is 0 Å².